The third-order valence-corrected chi connectivity index (χ3v) is 4.41. The van der Waals surface area contributed by atoms with Crippen LogP contribution in [0, 0.1) is 4.91 Å². The van der Waals surface area contributed by atoms with E-state index >= 15 is 0 Å². The molecule has 0 fully saturated rings. The average molecular weight is 498 g/mol. The zero-order valence-corrected chi connectivity index (χ0v) is 14.6. The van der Waals surface area contributed by atoms with E-state index < -0.39 is 37.1 Å². The highest BCUT2D eigenvalue weighted by atomic mass is 35.6. The van der Waals surface area contributed by atoms with Crippen molar-refractivity contribution in [3.05, 3.63) is 4.91 Å². The number of rotatable bonds is 6. The molecule has 0 aromatic rings. The molecule has 144 valence electrons. The summed E-state index contributed by atoms with van der Waals surface area (Å²) in [6.45, 7) is 0. The van der Waals surface area contributed by atoms with Crippen LogP contribution >= 0.6 is 69.6 Å². The maximum absolute atomic E-state index is 14.0. The third-order valence-electron chi connectivity index (χ3n) is 2.46. The minimum atomic E-state index is -6.86. The van der Waals surface area contributed by atoms with E-state index in [9.17, 15) is 44.4 Å². The molecule has 0 aliphatic carbocycles. The van der Waals surface area contributed by atoms with Crippen molar-refractivity contribution in [1.82, 2.24) is 0 Å². The summed E-state index contributed by atoms with van der Waals surface area (Å²) in [6.07, 6.45) is 0. The van der Waals surface area contributed by atoms with Crippen molar-refractivity contribution in [2.24, 2.45) is 5.18 Å². The van der Waals surface area contributed by atoms with Gasteiger partial charge in [-0.1, -0.05) is 58.0 Å². The van der Waals surface area contributed by atoms with E-state index in [0.29, 0.717) is 0 Å². The molecule has 0 rings (SSSR count). The Labute approximate surface area is 156 Å². The van der Waals surface area contributed by atoms with Gasteiger partial charge >= 0.3 is 33.3 Å². The molecule has 0 aliphatic rings. The molecule has 17 heteroatoms. The summed E-state index contributed by atoms with van der Waals surface area (Å²) in [5, 5.41) is -17.8. The van der Waals surface area contributed by atoms with Gasteiger partial charge in [-0.2, -0.15) is 26.3 Å². The molecule has 0 spiro atoms. The van der Waals surface area contributed by atoms with Crippen LogP contribution in [0.2, 0.25) is 0 Å². The topological polar surface area (TPSA) is 29.4 Å². The molecule has 0 heterocycles. The van der Waals surface area contributed by atoms with Crippen molar-refractivity contribution in [3.8, 4) is 0 Å². The summed E-state index contributed by atoms with van der Waals surface area (Å²) in [5.74, 6) is -19.1. The summed E-state index contributed by atoms with van der Waals surface area (Å²) in [5.41, 5.74) is 0. The number of hydrogen-bond acceptors (Lipinski definition) is 2. The Balaban J connectivity index is 6.56. The minimum absolute atomic E-state index is 0.997. The normalized spacial score (nSPS) is 22.3. The van der Waals surface area contributed by atoms with Crippen LogP contribution in [0.1, 0.15) is 0 Å². The van der Waals surface area contributed by atoms with Gasteiger partial charge < -0.3 is 0 Å². The number of nitrogens with zero attached hydrogens (tertiary/aromatic N) is 1. The Hall–Kier alpha value is 0.710. The van der Waals surface area contributed by atoms with Gasteiger partial charge in [0.1, 0.15) is 0 Å². The van der Waals surface area contributed by atoms with E-state index in [4.69, 9.17) is 0 Å². The third kappa shape index (κ3) is 3.21. The largest absolute Gasteiger partial charge is 0.389 e. The summed E-state index contributed by atoms with van der Waals surface area (Å²) in [7, 11) is 0. The second kappa shape index (κ2) is 6.40. The molecule has 0 saturated heterocycles. The maximum Gasteiger partial charge on any atom is 0.389 e. The second-order valence-corrected chi connectivity index (χ2v) is 7.80. The first kappa shape index (κ1) is 24.7. The van der Waals surface area contributed by atoms with Crippen LogP contribution in [-0.4, -0.2) is 37.1 Å². The SMILES string of the molecule is O=NC(F)(C(Cl)(Cl)Cl)C(F)(Cl)C(F)(F)C(F)(Cl)C(F)(F)C(F)(F)Cl. The van der Waals surface area contributed by atoms with E-state index in [-0.39, 0.29) is 0 Å². The van der Waals surface area contributed by atoms with Crippen LogP contribution < -0.4 is 0 Å². The molecule has 0 aromatic heterocycles. The predicted octanol–water partition coefficient (Wildman–Crippen LogP) is 6.70. The van der Waals surface area contributed by atoms with Crippen molar-refractivity contribution in [2.75, 3.05) is 0 Å². The summed E-state index contributed by atoms with van der Waals surface area (Å²) in [6, 6.07) is 0. The van der Waals surface area contributed by atoms with Gasteiger partial charge in [0.2, 0.25) is 0 Å². The highest BCUT2D eigenvalue weighted by molar-refractivity contribution is 6.68. The van der Waals surface area contributed by atoms with Gasteiger partial charge in [0, 0.05) is 0 Å². The van der Waals surface area contributed by atoms with E-state index in [1.807, 2.05) is 0 Å². The smallest absolute Gasteiger partial charge is 0.213 e. The highest BCUT2D eigenvalue weighted by Gasteiger charge is 2.89. The van der Waals surface area contributed by atoms with Crippen LogP contribution in [0.3, 0.4) is 0 Å². The van der Waals surface area contributed by atoms with Crippen molar-refractivity contribution in [1.29, 1.82) is 0 Å². The van der Waals surface area contributed by atoms with E-state index in [1.165, 1.54) is 0 Å². The Morgan fingerprint density at radius 3 is 1.12 bits per heavy atom. The van der Waals surface area contributed by atoms with Gasteiger partial charge in [-0.3, -0.25) is 0 Å². The quantitative estimate of drug-likeness (QED) is 0.174. The first-order chi connectivity index (χ1) is 10.1. The molecule has 0 aliphatic heterocycles. The van der Waals surface area contributed by atoms with Crippen LogP contribution in [-0.2, 0) is 0 Å². The van der Waals surface area contributed by atoms with Gasteiger partial charge in [-0.05, 0) is 16.8 Å². The monoisotopic (exact) mass is 495 g/mol. The molecule has 0 N–H and O–H groups in total. The molecular weight excluding hydrogens is 498 g/mol. The highest BCUT2D eigenvalue weighted by Crippen LogP contribution is 2.65. The van der Waals surface area contributed by atoms with Crippen LogP contribution in [0.5, 0.6) is 0 Å². The lowest BCUT2D eigenvalue weighted by atomic mass is 9.96. The predicted molar refractivity (Wildman–Crippen MR) is 70.0 cm³/mol. The lowest BCUT2D eigenvalue weighted by molar-refractivity contribution is -0.297. The zero-order valence-electron chi connectivity index (χ0n) is 10.0. The number of hydrogen-bond donors (Lipinski definition) is 0. The van der Waals surface area contributed by atoms with Crippen molar-refractivity contribution in [3.63, 3.8) is 0 Å². The zero-order chi connectivity index (χ0) is 20.2. The second-order valence-electron chi connectivity index (χ2n) is 4.01. The fraction of sp³-hybridized carbons (Fsp3) is 1.00. The van der Waals surface area contributed by atoms with E-state index in [2.05, 4.69) is 69.6 Å². The fourth-order valence-corrected chi connectivity index (χ4v) is 2.49. The van der Waals surface area contributed by atoms with Crippen LogP contribution in [0.15, 0.2) is 5.18 Å². The van der Waals surface area contributed by atoms with Gasteiger partial charge in [-0.25, -0.2) is 13.2 Å². The number of nitroso groups, excluding NO2 is 1. The van der Waals surface area contributed by atoms with Crippen molar-refractivity contribution >= 4 is 69.6 Å². The van der Waals surface area contributed by atoms with Gasteiger partial charge in [0.25, 0.3) is 3.79 Å². The van der Waals surface area contributed by atoms with Gasteiger partial charge in [0.15, 0.2) is 0 Å². The first-order valence-corrected chi connectivity index (χ1v) is 7.01. The molecule has 24 heavy (non-hydrogen) atoms. The summed E-state index contributed by atoms with van der Waals surface area (Å²) >= 11 is 26.0. The minimum Gasteiger partial charge on any atom is -0.213 e. The van der Waals surface area contributed by atoms with Crippen molar-refractivity contribution < 1.29 is 39.5 Å². The molecule has 0 bridgehead atoms. The molecule has 0 amide bonds. The average Bonchev–Trinajstić information content (AvgIpc) is 2.33. The standard InChI is InChI=1S/C7Cl6F9NO/c8-1(14,4(18,19)7(13,21)22)3(16,17)2(9,15)5(20,23-24)6(10,11)12. The molecule has 3 unspecified atom stereocenters. The molecule has 3 atom stereocenters. The number of alkyl halides is 15. The Morgan fingerprint density at radius 1 is 0.583 bits per heavy atom. The first-order valence-electron chi connectivity index (χ1n) is 4.74. The van der Waals surface area contributed by atoms with Crippen LogP contribution in [0.4, 0.5) is 39.5 Å². The number of halogens is 15. The van der Waals surface area contributed by atoms with E-state index in [1.54, 1.807) is 0 Å². The fourth-order valence-electron chi connectivity index (χ4n) is 1.07. The summed E-state index contributed by atoms with van der Waals surface area (Å²) < 4.78 is 116. The molecule has 0 radical (unpaired) electrons. The Kier molecular flexibility index (Phi) is 6.59. The molecular formula is C7Cl6F9NO. The van der Waals surface area contributed by atoms with Gasteiger partial charge in [0.05, 0.1) is 0 Å². The Morgan fingerprint density at radius 2 is 0.917 bits per heavy atom. The molecule has 0 saturated carbocycles. The lowest BCUT2D eigenvalue weighted by Crippen LogP contribution is -2.71. The maximum atomic E-state index is 14.0. The molecule has 0 aromatic carbocycles. The lowest BCUT2D eigenvalue weighted by Gasteiger charge is -2.43. The van der Waals surface area contributed by atoms with Crippen molar-refractivity contribution in [2.45, 2.75) is 37.1 Å². The van der Waals surface area contributed by atoms with E-state index in [0.717, 1.165) is 5.18 Å². The Bertz CT molecular complexity index is 504. The van der Waals surface area contributed by atoms with Crippen LogP contribution in [0.25, 0.3) is 0 Å². The summed E-state index contributed by atoms with van der Waals surface area (Å²) in [4.78, 5) is 10.3. The molecule has 2 nitrogen and oxygen atoms in total. The van der Waals surface area contributed by atoms with Gasteiger partial charge in [-0.15, -0.1) is 4.91 Å².